The summed E-state index contributed by atoms with van der Waals surface area (Å²) in [6, 6.07) is 13.4. The van der Waals surface area contributed by atoms with Crippen LogP contribution in [0.25, 0.3) is 5.57 Å². The second-order valence-corrected chi connectivity index (χ2v) is 9.81. The summed E-state index contributed by atoms with van der Waals surface area (Å²) in [6.45, 7) is 2.33. The fraction of sp³-hybridized carbons (Fsp3) is 0.464. The van der Waals surface area contributed by atoms with Gasteiger partial charge in [0.25, 0.3) is 0 Å². The highest BCUT2D eigenvalue weighted by Crippen LogP contribution is 2.44. The molecule has 4 rings (SSSR count). The number of carbonyl (C=O) groups excluding carboxylic acids is 1. The lowest BCUT2D eigenvalue weighted by Gasteiger charge is -2.43. The minimum atomic E-state index is -0.762. The van der Waals surface area contributed by atoms with E-state index in [4.69, 9.17) is 4.74 Å². The molecule has 0 aliphatic carbocycles. The molecule has 2 heterocycles. The van der Waals surface area contributed by atoms with Crippen LogP contribution in [0, 0.1) is 11.6 Å². The number of amides is 2. The number of carbonyl (C=O) groups is 1. The van der Waals surface area contributed by atoms with Crippen LogP contribution < -0.4 is 0 Å². The van der Waals surface area contributed by atoms with Gasteiger partial charge >= 0.3 is 6.03 Å². The zero-order valence-corrected chi connectivity index (χ0v) is 20.8. The molecular formula is C28H35F2N3O2. The Bertz CT molecular complexity index is 1050. The molecule has 2 aliphatic heterocycles. The van der Waals surface area contributed by atoms with Crippen molar-refractivity contribution in [2.24, 2.45) is 0 Å². The zero-order valence-electron chi connectivity index (χ0n) is 20.8. The van der Waals surface area contributed by atoms with E-state index < -0.39 is 17.2 Å². The van der Waals surface area contributed by atoms with E-state index in [0.717, 1.165) is 43.5 Å². The molecular weight excluding hydrogens is 448 g/mol. The third-order valence-corrected chi connectivity index (χ3v) is 7.21. The predicted octanol–water partition coefficient (Wildman–Crippen LogP) is 5.13. The Morgan fingerprint density at radius 3 is 2.49 bits per heavy atom. The highest BCUT2D eigenvalue weighted by molar-refractivity contribution is 5.83. The van der Waals surface area contributed by atoms with Gasteiger partial charge in [0, 0.05) is 38.4 Å². The van der Waals surface area contributed by atoms with Gasteiger partial charge in [-0.3, -0.25) is 0 Å². The van der Waals surface area contributed by atoms with E-state index >= 15 is 0 Å². The first-order valence-corrected chi connectivity index (χ1v) is 12.3. The Labute approximate surface area is 207 Å². The van der Waals surface area contributed by atoms with E-state index in [-0.39, 0.29) is 24.2 Å². The Hall–Kier alpha value is -2.77. The lowest BCUT2D eigenvalue weighted by Crippen LogP contribution is -2.53. The van der Waals surface area contributed by atoms with Crippen LogP contribution in [0.1, 0.15) is 36.8 Å². The molecule has 2 aromatic rings. The number of benzene rings is 2. The maximum atomic E-state index is 14.9. The van der Waals surface area contributed by atoms with Crippen molar-refractivity contribution < 1.29 is 18.3 Å². The largest absolute Gasteiger partial charge is 0.381 e. The van der Waals surface area contributed by atoms with Crippen molar-refractivity contribution in [3.05, 3.63) is 77.4 Å². The molecule has 7 heteroatoms. The monoisotopic (exact) mass is 483 g/mol. The molecule has 2 aromatic carbocycles. The summed E-state index contributed by atoms with van der Waals surface area (Å²) in [4.78, 5) is 19.8. The lowest BCUT2D eigenvalue weighted by molar-refractivity contribution is 0.0408. The molecule has 2 aliphatic rings. The SMILES string of the molecule is CN(C)CCCC1(c2ccccc2)C=C(c2cc(F)ccc2F)CN1C(=O)N(C)C1CCOCC1. The van der Waals surface area contributed by atoms with Crippen LogP contribution in [0.2, 0.25) is 0 Å². The Morgan fingerprint density at radius 1 is 1.09 bits per heavy atom. The molecule has 0 aromatic heterocycles. The molecule has 1 unspecified atom stereocenters. The van der Waals surface area contributed by atoms with E-state index in [1.807, 2.05) is 67.4 Å². The fourth-order valence-corrected chi connectivity index (χ4v) is 5.27. The minimum Gasteiger partial charge on any atom is -0.381 e. The second kappa shape index (κ2) is 10.9. The van der Waals surface area contributed by atoms with Crippen molar-refractivity contribution in [2.75, 3.05) is 47.4 Å². The highest BCUT2D eigenvalue weighted by Gasteiger charge is 2.46. The van der Waals surface area contributed by atoms with Crippen molar-refractivity contribution >= 4 is 11.6 Å². The van der Waals surface area contributed by atoms with E-state index in [1.54, 1.807) is 0 Å². The third kappa shape index (κ3) is 5.41. The quantitative estimate of drug-likeness (QED) is 0.548. The summed E-state index contributed by atoms with van der Waals surface area (Å²) in [5.41, 5.74) is 1.05. The normalized spacial score (nSPS) is 20.9. The van der Waals surface area contributed by atoms with Crippen LogP contribution in [0.4, 0.5) is 13.6 Å². The van der Waals surface area contributed by atoms with Gasteiger partial charge in [-0.15, -0.1) is 0 Å². The summed E-state index contributed by atoms with van der Waals surface area (Å²) in [6.07, 6.45) is 5.07. The van der Waals surface area contributed by atoms with Gasteiger partial charge in [0.1, 0.15) is 11.6 Å². The smallest absolute Gasteiger partial charge is 0.321 e. The van der Waals surface area contributed by atoms with E-state index in [2.05, 4.69) is 4.90 Å². The summed E-state index contributed by atoms with van der Waals surface area (Å²) >= 11 is 0. The molecule has 1 atom stereocenters. The average molecular weight is 484 g/mol. The van der Waals surface area contributed by atoms with Crippen LogP contribution in [-0.2, 0) is 10.3 Å². The number of nitrogens with zero attached hydrogens (tertiary/aromatic N) is 3. The van der Waals surface area contributed by atoms with Crippen LogP contribution in [0.15, 0.2) is 54.6 Å². The first-order valence-electron chi connectivity index (χ1n) is 12.3. The molecule has 2 amide bonds. The van der Waals surface area contributed by atoms with Crippen molar-refractivity contribution in [3.63, 3.8) is 0 Å². The van der Waals surface area contributed by atoms with Gasteiger partial charge in [-0.1, -0.05) is 30.3 Å². The van der Waals surface area contributed by atoms with Crippen molar-refractivity contribution in [3.8, 4) is 0 Å². The Morgan fingerprint density at radius 2 is 1.80 bits per heavy atom. The molecule has 5 nitrogen and oxygen atoms in total. The molecule has 0 N–H and O–H groups in total. The minimum absolute atomic E-state index is 0.0847. The second-order valence-electron chi connectivity index (χ2n) is 9.81. The molecule has 0 spiro atoms. The average Bonchev–Trinajstić information content (AvgIpc) is 3.26. The number of ether oxygens (including phenoxy) is 1. The molecule has 35 heavy (non-hydrogen) atoms. The number of hydrogen-bond acceptors (Lipinski definition) is 3. The van der Waals surface area contributed by atoms with E-state index in [0.29, 0.717) is 25.2 Å². The fourth-order valence-electron chi connectivity index (χ4n) is 5.27. The van der Waals surface area contributed by atoms with Crippen LogP contribution in [-0.4, -0.2) is 74.2 Å². The van der Waals surface area contributed by atoms with Gasteiger partial charge < -0.3 is 19.4 Å². The number of halogens is 2. The van der Waals surface area contributed by atoms with Gasteiger partial charge in [-0.2, -0.15) is 0 Å². The number of urea groups is 1. The first kappa shape index (κ1) is 25.3. The summed E-state index contributed by atoms with van der Waals surface area (Å²) in [5.74, 6) is -0.982. The highest BCUT2D eigenvalue weighted by atomic mass is 19.1. The Kier molecular flexibility index (Phi) is 7.87. The van der Waals surface area contributed by atoms with Gasteiger partial charge in [-0.05, 0) is 81.7 Å². The van der Waals surface area contributed by atoms with E-state index in [9.17, 15) is 13.6 Å². The van der Waals surface area contributed by atoms with Crippen molar-refractivity contribution in [2.45, 2.75) is 37.3 Å². The first-order chi connectivity index (χ1) is 16.8. The topological polar surface area (TPSA) is 36.0 Å². The summed E-state index contributed by atoms with van der Waals surface area (Å²) < 4.78 is 34.5. The lowest BCUT2D eigenvalue weighted by atomic mass is 9.84. The van der Waals surface area contributed by atoms with Crippen LogP contribution in [0.5, 0.6) is 0 Å². The summed E-state index contributed by atoms with van der Waals surface area (Å²) in [7, 11) is 5.89. The van der Waals surface area contributed by atoms with Gasteiger partial charge in [0.2, 0.25) is 0 Å². The number of rotatable bonds is 7. The molecule has 1 saturated heterocycles. The van der Waals surface area contributed by atoms with Gasteiger partial charge in [0.05, 0.1) is 5.54 Å². The maximum absolute atomic E-state index is 14.9. The molecule has 1 fully saturated rings. The number of hydrogen-bond donors (Lipinski definition) is 0. The van der Waals surface area contributed by atoms with Crippen molar-refractivity contribution in [1.82, 2.24) is 14.7 Å². The van der Waals surface area contributed by atoms with Crippen LogP contribution in [0.3, 0.4) is 0 Å². The third-order valence-electron chi connectivity index (χ3n) is 7.21. The van der Waals surface area contributed by atoms with Gasteiger partial charge in [-0.25, -0.2) is 13.6 Å². The predicted molar refractivity (Wildman–Crippen MR) is 134 cm³/mol. The summed E-state index contributed by atoms with van der Waals surface area (Å²) in [5, 5.41) is 0. The maximum Gasteiger partial charge on any atom is 0.321 e. The Balaban J connectivity index is 1.78. The van der Waals surface area contributed by atoms with E-state index in [1.165, 1.54) is 6.07 Å². The van der Waals surface area contributed by atoms with Gasteiger partial charge in [0.15, 0.2) is 0 Å². The molecule has 188 valence electrons. The van der Waals surface area contributed by atoms with Crippen molar-refractivity contribution in [1.29, 1.82) is 0 Å². The molecule has 0 radical (unpaired) electrons. The molecule has 0 bridgehead atoms. The zero-order chi connectivity index (χ0) is 25.0. The molecule has 0 saturated carbocycles. The van der Waals surface area contributed by atoms with Crippen LogP contribution >= 0.6 is 0 Å². The standard InChI is InChI=1S/C28H35F2N3O2/c1-31(2)15-7-14-28(22-8-5-4-6-9-22)19-21(25-18-23(29)10-11-26(25)30)20-33(28)27(34)32(3)24-12-16-35-17-13-24/h4-6,8-11,18-19,24H,7,12-17,20H2,1-3H3.